The van der Waals surface area contributed by atoms with Gasteiger partial charge in [0.1, 0.15) is 0 Å². The molecule has 10 aromatic carbocycles. The zero-order valence-electron chi connectivity index (χ0n) is 33.0. The number of fused-ring (bicyclic) bond motifs is 4. The highest BCUT2D eigenvalue weighted by Crippen LogP contribution is 2.45. The summed E-state index contributed by atoms with van der Waals surface area (Å²) < 4.78 is 2.41. The van der Waals surface area contributed by atoms with Gasteiger partial charge in [-0.1, -0.05) is 188 Å². The minimum atomic E-state index is 1.08. The van der Waals surface area contributed by atoms with E-state index in [0.717, 1.165) is 33.9 Å². The van der Waals surface area contributed by atoms with Crippen molar-refractivity contribution in [2.45, 2.75) is 0 Å². The van der Waals surface area contributed by atoms with E-state index in [0.29, 0.717) is 0 Å². The molecule has 1 aromatic heterocycles. The number of para-hydroxylation sites is 4. The Morgan fingerprint density at radius 1 is 0.283 bits per heavy atom. The van der Waals surface area contributed by atoms with Crippen LogP contribution in [0.2, 0.25) is 0 Å². The van der Waals surface area contributed by atoms with Crippen molar-refractivity contribution in [1.82, 2.24) is 4.57 Å². The van der Waals surface area contributed by atoms with Crippen LogP contribution in [0.25, 0.3) is 82.8 Å². The van der Waals surface area contributed by atoms with Gasteiger partial charge in [-0.15, -0.1) is 0 Å². The van der Waals surface area contributed by atoms with Crippen LogP contribution in [-0.2, 0) is 0 Å². The predicted octanol–water partition coefficient (Wildman–Crippen LogP) is 16.1. The Labute approximate surface area is 350 Å². The summed E-state index contributed by atoms with van der Waals surface area (Å²) in [4.78, 5) is 2.41. The quantitative estimate of drug-likeness (QED) is 0.150. The Morgan fingerprint density at radius 2 is 0.767 bits per heavy atom. The fraction of sp³-hybridized carbons (Fsp3) is 0. The van der Waals surface area contributed by atoms with Crippen LogP contribution in [0.4, 0.5) is 17.1 Å². The lowest BCUT2D eigenvalue weighted by Crippen LogP contribution is -2.11. The molecule has 0 saturated heterocycles. The Balaban J connectivity index is 1.05. The van der Waals surface area contributed by atoms with Gasteiger partial charge in [0.05, 0.1) is 22.4 Å². The van der Waals surface area contributed by atoms with Crippen molar-refractivity contribution in [2.75, 3.05) is 4.90 Å². The maximum absolute atomic E-state index is 2.41. The van der Waals surface area contributed by atoms with Gasteiger partial charge < -0.3 is 9.47 Å². The SMILES string of the molecule is c1ccc(-c2ccc(N(c3ccc(-c4ccccc4-n4c5ccccc5c5ccccc54)cc3)c3ccccc3-c3ccccc3-c3ccc4ccccc4c3)cc2)cc1. The molecule has 0 bridgehead atoms. The molecule has 0 radical (unpaired) electrons. The number of aromatic nitrogens is 1. The summed E-state index contributed by atoms with van der Waals surface area (Å²) in [7, 11) is 0. The molecule has 0 unspecified atom stereocenters. The van der Waals surface area contributed by atoms with Gasteiger partial charge in [-0.25, -0.2) is 0 Å². The summed E-state index contributed by atoms with van der Waals surface area (Å²) in [5.41, 5.74) is 16.3. The Morgan fingerprint density at radius 3 is 1.47 bits per heavy atom. The van der Waals surface area contributed by atoms with E-state index in [1.54, 1.807) is 0 Å². The van der Waals surface area contributed by atoms with Crippen LogP contribution in [0.1, 0.15) is 0 Å². The fourth-order valence-corrected chi connectivity index (χ4v) is 8.97. The summed E-state index contributed by atoms with van der Waals surface area (Å²) in [5, 5.41) is 4.99. The second kappa shape index (κ2) is 15.1. The van der Waals surface area contributed by atoms with E-state index in [1.807, 2.05) is 0 Å². The highest BCUT2D eigenvalue weighted by atomic mass is 15.1. The molecular formula is C58H40N2. The first-order valence-corrected chi connectivity index (χ1v) is 20.6. The third-order valence-electron chi connectivity index (χ3n) is 11.8. The molecule has 0 amide bonds. The van der Waals surface area contributed by atoms with E-state index in [4.69, 9.17) is 0 Å². The normalized spacial score (nSPS) is 11.3. The van der Waals surface area contributed by atoms with Crippen LogP contribution in [0.5, 0.6) is 0 Å². The molecule has 2 heteroatoms. The van der Waals surface area contributed by atoms with E-state index in [9.17, 15) is 0 Å². The molecule has 0 aliphatic carbocycles. The third kappa shape index (κ3) is 6.23. The second-order valence-electron chi connectivity index (χ2n) is 15.3. The van der Waals surface area contributed by atoms with Gasteiger partial charge in [0, 0.05) is 33.3 Å². The topological polar surface area (TPSA) is 8.17 Å². The first-order chi connectivity index (χ1) is 29.8. The highest BCUT2D eigenvalue weighted by molar-refractivity contribution is 6.09. The number of hydrogen-bond acceptors (Lipinski definition) is 1. The number of hydrogen-bond donors (Lipinski definition) is 0. The highest BCUT2D eigenvalue weighted by Gasteiger charge is 2.20. The zero-order valence-corrected chi connectivity index (χ0v) is 33.0. The van der Waals surface area contributed by atoms with Crippen molar-refractivity contribution < 1.29 is 0 Å². The lowest BCUT2D eigenvalue weighted by molar-refractivity contribution is 1.18. The Kier molecular flexibility index (Phi) is 8.87. The third-order valence-corrected chi connectivity index (χ3v) is 11.8. The Hall–Kier alpha value is -7.94. The van der Waals surface area contributed by atoms with Crippen molar-refractivity contribution in [2.24, 2.45) is 0 Å². The van der Waals surface area contributed by atoms with Crippen LogP contribution in [-0.4, -0.2) is 4.57 Å². The summed E-state index contributed by atoms with van der Waals surface area (Å²) >= 11 is 0. The minimum Gasteiger partial charge on any atom is -0.310 e. The van der Waals surface area contributed by atoms with Crippen molar-refractivity contribution in [3.8, 4) is 50.2 Å². The largest absolute Gasteiger partial charge is 0.310 e. The number of anilines is 3. The molecule has 11 rings (SSSR count). The van der Waals surface area contributed by atoms with Gasteiger partial charge in [-0.2, -0.15) is 0 Å². The number of rotatable bonds is 8. The van der Waals surface area contributed by atoms with Gasteiger partial charge in [0.2, 0.25) is 0 Å². The zero-order chi connectivity index (χ0) is 39.8. The molecule has 1 heterocycles. The van der Waals surface area contributed by atoms with Crippen molar-refractivity contribution in [1.29, 1.82) is 0 Å². The smallest absolute Gasteiger partial charge is 0.0541 e. The first kappa shape index (κ1) is 35.2. The van der Waals surface area contributed by atoms with Gasteiger partial charge >= 0.3 is 0 Å². The fourth-order valence-electron chi connectivity index (χ4n) is 8.97. The van der Waals surface area contributed by atoms with E-state index >= 15 is 0 Å². The number of benzene rings is 10. The van der Waals surface area contributed by atoms with Crippen LogP contribution >= 0.6 is 0 Å². The van der Waals surface area contributed by atoms with E-state index in [2.05, 4.69) is 252 Å². The summed E-state index contributed by atoms with van der Waals surface area (Å²) in [6.45, 7) is 0. The summed E-state index contributed by atoms with van der Waals surface area (Å²) in [6, 6.07) is 87.9. The van der Waals surface area contributed by atoms with Gasteiger partial charge in [0.25, 0.3) is 0 Å². The van der Waals surface area contributed by atoms with E-state index in [1.165, 1.54) is 66.0 Å². The molecule has 0 atom stereocenters. The molecule has 0 saturated carbocycles. The van der Waals surface area contributed by atoms with Crippen LogP contribution in [0, 0.1) is 0 Å². The molecule has 0 aliphatic heterocycles. The lowest BCUT2D eigenvalue weighted by Gasteiger charge is -2.29. The molecule has 0 spiro atoms. The molecule has 0 aliphatic rings. The molecule has 282 valence electrons. The average molecular weight is 765 g/mol. The monoisotopic (exact) mass is 764 g/mol. The van der Waals surface area contributed by atoms with Gasteiger partial charge in [-0.3, -0.25) is 0 Å². The summed E-state index contributed by atoms with van der Waals surface area (Å²) in [6.07, 6.45) is 0. The molecule has 0 N–H and O–H groups in total. The first-order valence-electron chi connectivity index (χ1n) is 20.6. The second-order valence-corrected chi connectivity index (χ2v) is 15.3. The molecule has 60 heavy (non-hydrogen) atoms. The predicted molar refractivity (Wildman–Crippen MR) is 255 cm³/mol. The molecule has 11 aromatic rings. The van der Waals surface area contributed by atoms with Crippen molar-refractivity contribution in [3.63, 3.8) is 0 Å². The van der Waals surface area contributed by atoms with E-state index < -0.39 is 0 Å². The van der Waals surface area contributed by atoms with Gasteiger partial charge in [-0.05, 0) is 98.8 Å². The Bertz CT molecular complexity index is 3250. The van der Waals surface area contributed by atoms with Crippen LogP contribution in [0.3, 0.4) is 0 Å². The average Bonchev–Trinajstić information content (AvgIpc) is 3.67. The minimum absolute atomic E-state index is 1.08. The standard InChI is InChI=1S/C58H40N2/c1-2-16-41(17-3-1)43-32-36-47(37-33-43)59(56-27-13-9-23-52(56)51-22-7-6-20-49(51)46-31-30-42-18-4-5-19-45(42)40-46)48-38-34-44(35-39-48)50-21-8-12-26-55(50)60-57-28-14-10-24-53(57)54-25-11-15-29-58(54)60/h1-40H. The lowest BCUT2D eigenvalue weighted by atomic mass is 9.92. The maximum Gasteiger partial charge on any atom is 0.0541 e. The molecule has 0 fully saturated rings. The summed E-state index contributed by atoms with van der Waals surface area (Å²) in [5.74, 6) is 0. The van der Waals surface area contributed by atoms with Gasteiger partial charge in [0.15, 0.2) is 0 Å². The maximum atomic E-state index is 2.41. The molecular weight excluding hydrogens is 725 g/mol. The van der Waals surface area contributed by atoms with E-state index in [-0.39, 0.29) is 0 Å². The van der Waals surface area contributed by atoms with Crippen LogP contribution < -0.4 is 4.90 Å². The molecule has 2 nitrogen and oxygen atoms in total. The van der Waals surface area contributed by atoms with Crippen LogP contribution in [0.15, 0.2) is 243 Å². The van der Waals surface area contributed by atoms with Crippen molar-refractivity contribution in [3.05, 3.63) is 243 Å². The number of nitrogens with zero attached hydrogens (tertiary/aromatic N) is 2. The van der Waals surface area contributed by atoms with Crippen molar-refractivity contribution >= 4 is 49.6 Å².